The predicted molar refractivity (Wildman–Crippen MR) is 105 cm³/mol. The van der Waals surface area contributed by atoms with E-state index in [4.69, 9.17) is 4.74 Å². The average Bonchev–Trinajstić information content (AvgIpc) is 2.60. The molecule has 0 saturated carbocycles. The van der Waals surface area contributed by atoms with E-state index in [9.17, 15) is 9.59 Å². The van der Waals surface area contributed by atoms with Gasteiger partial charge in [0.2, 0.25) is 11.8 Å². The number of para-hydroxylation sites is 2. The largest absolute Gasteiger partial charge is 0.492 e. The molecule has 5 heteroatoms. The van der Waals surface area contributed by atoms with Crippen LogP contribution in [-0.2, 0) is 9.59 Å². The minimum Gasteiger partial charge on any atom is -0.492 e. The zero-order valence-electron chi connectivity index (χ0n) is 15.8. The number of carbonyl (C=O) groups excluding carboxylic acids is 2. The van der Waals surface area contributed by atoms with E-state index in [-0.39, 0.29) is 24.8 Å². The zero-order chi connectivity index (χ0) is 19.1. The Labute approximate surface area is 155 Å². The van der Waals surface area contributed by atoms with Crippen LogP contribution in [0.25, 0.3) is 0 Å². The van der Waals surface area contributed by atoms with Gasteiger partial charge in [0.15, 0.2) is 0 Å². The lowest BCUT2D eigenvalue weighted by atomic mass is 10.1. The van der Waals surface area contributed by atoms with E-state index >= 15 is 0 Å². The first kappa shape index (κ1) is 19.5. The second-order valence-electron chi connectivity index (χ2n) is 6.12. The fourth-order valence-electron chi connectivity index (χ4n) is 2.72. The summed E-state index contributed by atoms with van der Waals surface area (Å²) in [7, 11) is 0. The number of amides is 2. The van der Waals surface area contributed by atoms with E-state index in [1.165, 1.54) is 6.92 Å². The van der Waals surface area contributed by atoms with Crippen molar-refractivity contribution in [2.45, 2.75) is 34.1 Å². The standard InChI is InChI=1S/C21H26N2O3/c1-5-26-20-12-7-6-11-19(20)23(17(4)24)14-13-21(25)22-18-10-8-9-15(2)16(18)3/h6-12H,5,13-14H2,1-4H3,(H,22,25). The molecule has 0 bridgehead atoms. The van der Waals surface area contributed by atoms with Crippen LogP contribution in [0.1, 0.15) is 31.4 Å². The number of ether oxygens (including phenoxy) is 1. The maximum Gasteiger partial charge on any atom is 0.226 e. The lowest BCUT2D eigenvalue weighted by molar-refractivity contribution is -0.117. The Balaban J connectivity index is 2.08. The first-order chi connectivity index (χ1) is 12.4. The molecule has 0 radical (unpaired) electrons. The second-order valence-corrected chi connectivity index (χ2v) is 6.12. The topological polar surface area (TPSA) is 58.6 Å². The molecular weight excluding hydrogens is 328 g/mol. The zero-order valence-corrected chi connectivity index (χ0v) is 15.8. The van der Waals surface area contributed by atoms with Gasteiger partial charge in [0, 0.05) is 25.6 Å². The van der Waals surface area contributed by atoms with Crippen LogP contribution in [0, 0.1) is 13.8 Å². The van der Waals surface area contributed by atoms with E-state index in [2.05, 4.69) is 5.32 Å². The van der Waals surface area contributed by atoms with Crippen molar-refractivity contribution in [3.05, 3.63) is 53.6 Å². The van der Waals surface area contributed by atoms with Gasteiger partial charge in [-0.3, -0.25) is 9.59 Å². The van der Waals surface area contributed by atoms with Crippen molar-refractivity contribution in [3.63, 3.8) is 0 Å². The lowest BCUT2D eigenvalue weighted by Crippen LogP contribution is -2.32. The average molecular weight is 354 g/mol. The molecule has 2 aromatic carbocycles. The number of aryl methyl sites for hydroxylation is 1. The summed E-state index contributed by atoms with van der Waals surface area (Å²) < 4.78 is 5.61. The number of hydrogen-bond donors (Lipinski definition) is 1. The van der Waals surface area contributed by atoms with Crippen molar-refractivity contribution in [3.8, 4) is 5.75 Å². The van der Waals surface area contributed by atoms with Crippen molar-refractivity contribution >= 4 is 23.2 Å². The third-order valence-electron chi connectivity index (χ3n) is 4.28. The van der Waals surface area contributed by atoms with Crippen LogP contribution in [0.3, 0.4) is 0 Å². The molecule has 0 aliphatic rings. The Hall–Kier alpha value is -2.82. The highest BCUT2D eigenvalue weighted by Gasteiger charge is 2.17. The molecule has 0 unspecified atom stereocenters. The maximum atomic E-state index is 12.4. The van der Waals surface area contributed by atoms with Crippen molar-refractivity contribution in [1.29, 1.82) is 0 Å². The van der Waals surface area contributed by atoms with Crippen LogP contribution in [0.4, 0.5) is 11.4 Å². The first-order valence-corrected chi connectivity index (χ1v) is 8.80. The van der Waals surface area contributed by atoms with Crippen LogP contribution in [0.2, 0.25) is 0 Å². The van der Waals surface area contributed by atoms with Crippen molar-refractivity contribution in [1.82, 2.24) is 0 Å². The third-order valence-corrected chi connectivity index (χ3v) is 4.28. The quantitative estimate of drug-likeness (QED) is 0.815. The molecule has 2 rings (SSSR count). The van der Waals surface area contributed by atoms with Crippen LogP contribution in [-0.4, -0.2) is 25.0 Å². The molecule has 1 N–H and O–H groups in total. The van der Waals surface area contributed by atoms with E-state index in [1.54, 1.807) is 4.90 Å². The summed E-state index contributed by atoms with van der Waals surface area (Å²) in [5.41, 5.74) is 3.66. The predicted octanol–water partition coefficient (Wildman–Crippen LogP) is 4.08. The molecule has 0 aromatic heterocycles. The summed E-state index contributed by atoms with van der Waals surface area (Å²) in [5.74, 6) is 0.385. The summed E-state index contributed by atoms with van der Waals surface area (Å²) in [6.07, 6.45) is 0.202. The number of carbonyl (C=O) groups is 2. The van der Waals surface area contributed by atoms with Crippen molar-refractivity contribution < 1.29 is 14.3 Å². The van der Waals surface area contributed by atoms with Gasteiger partial charge in [-0.1, -0.05) is 24.3 Å². The summed E-state index contributed by atoms with van der Waals surface area (Å²) >= 11 is 0. The van der Waals surface area contributed by atoms with Gasteiger partial charge in [0.1, 0.15) is 5.75 Å². The van der Waals surface area contributed by atoms with Gasteiger partial charge < -0.3 is 15.0 Å². The number of benzene rings is 2. The monoisotopic (exact) mass is 354 g/mol. The molecule has 138 valence electrons. The van der Waals surface area contributed by atoms with Gasteiger partial charge in [0.05, 0.1) is 12.3 Å². The molecule has 2 aromatic rings. The van der Waals surface area contributed by atoms with Crippen LogP contribution < -0.4 is 15.0 Å². The molecule has 5 nitrogen and oxygen atoms in total. The summed E-state index contributed by atoms with van der Waals surface area (Å²) in [6, 6.07) is 13.2. The van der Waals surface area contributed by atoms with Crippen molar-refractivity contribution in [2.75, 3.05) is 23.4 Å². The number of anilines is 2. The van der Waals surface area contributed by atoms with Gasteiger partial charge in [-0.25, -0.2) is 0 Å². The normalized spacial score (nSPS) is 10.3. The molecule has 26 heavy (non-hydrogen) atoms. The molecule has 0 heterocycles. The van der Waals surface area contributed by atoms with E-state index in [0.717, 1.165) is 16.8 Å². The number of hydrogen-bond acceptors (Lipinski definition) is 3. The Bertz CT molecular complexity index is 787. The first-order valence-electron chi connectivity index (χ1n) is 8.80. The Morgan fingerprint density at radius 3 is 2.50 bits per heavy atom. The molecule has 0 saturated heterocycles. The number of rotatable bonds is 7. The van der Waals surface area contributed by atoms with Gasteiger partial charge in [-0.05, 0) is 50.1 Å². The summed E-state index contributed by atoms with van der Waals surface area (Å²) in [6.45, 7) is 8.17. The fraction of sp³-hybridized carbons (Fsp3) is 0.333. The van der Waals surface area contributed by atoms with Gasteiger partial charge in [-0.15, -0.1) is 0 Å². The molecule has 0 atom stereocenters. The van der Waals surface area contributed by atoms with Gasteiger partial charge >= 0.3 is 0 Å². The molecular formula is C21H26N2O3. The van der Waals surface area contributed by atoms with Crippen molar-refractivity contribution in [2.24, 2.45) is 0 Å². The Kier molecular flexibility index (Phi) is 6.78. The minimum absolute atomic E-state index is 0.126. The molecule has 0 spiro atoms. The van der Waals surface area contributed by atoms with Crippen LogP contribution in [0.15, 0.2) is 42.5 Å². The number of nitrogens with zero attached hydrogens (tertiary/aromatic N) is 1. The maximum absolute atomic E-state index is 12.4. The molecule has 0 fully saturated rings. The third kappa shape index (κ3) is 4.85. The number of nitrogens with one attached hydrogen (secondary N) is 1. The molecule has 2 amide bonds. The molecule has 0 aliphatic carbocycles. The summed E-state index contributed by atoms with van der Waals surface area (Å²) in [4.78, 5) is 26.1. The summed E-state index contributed by atoms with van der Waals surface area (Å²) in [5, 5.41) is 2.93. The lowest BCUT2D eigenvalue weighted by Gasteiger charge is -2.23. The highest BCUT2D eigenvalue weighted by Crippen LogP contribution is 2.28. The van der Waals surface area contributed by atoms with Gasteiger partial charge in [-0.2, -0.15) is 0 Å². The van der Waals surface area contributed by atoms with E-state index < -0.39 is 0 Å². The second kappa shape index (κ2) is 9.04. The highest BCUT2D eigenvalue weighted by atomic mass is 16.5. The minimum atomic E-state index is -0.128. The SMILES string of the molecule is CCOc1ccccc1N(CCC(=O)Nc1cccc(C)c1C)C(C)=O. The fourth-order valence-corrected chi connectivity index (χ4v) is 2.72. The van der Waals surface area contributed by atoms with Gasteiger partial charge in [0.25, 0.3) is 0 Å². The smallest absolute Gasteiger partial charge is 0.226 e. The Morgan fingerprint density at radius 2 is 1.81 bits per heavy atom. The van der Waals surface area contributed by atoms with Crippen LogP contribution >= 0.6 is 0 Å². The van der Waals surface area contributed by atoms with Crippen LogP contribution in [0.5, 0.6) is 5.75 Å². The highest BCUT2D eigenvalue weighted by molar-refractivity contribution is 5.96. The van der Waals surface area contributed by atoms with E-state index in [1.807, 2.05) is 63.2 Å². The van der Waals surface area contributed by atoms with E-state index in [0.29, 0.717) is 18.0 Å². The molecule has 0 aliphatic heterocycles. The Morgan fingerprint density at radius 1 is 1.08 bits per heavy atom.